The first-order valence-electron chi connectivity index (χ1n) is 6.58. The van der Waals surface area contributed by atoms with Crippen LogP contribution in [0.1, 0.15) is 17.3 Å². The summed E-state index contributed by atoms with van der Waals surface area (Å²) in [6.07, 6.45) is 0. The molecule has 1 aliphatic heterocycles. The van der Waals surface area contributed by atoms with Gasteiger partial charge in [-0.3, -0.25) is 9.69 Å². The average molecular weight is 322 g/mol. The van der Waals surface area contributed by atoms with E-state index in [9.17, 15) is 4.79 Å². The highest BCUT2D eigenvalue weighted by Gasteiger charge is 2.30. The number of amides is 1. The quantitative estimate of drug-likeness (QED) is 0.778. The smallest absolute Gasteiger partial charge is 0.260 e. The van der Waals surface area contributed by atoms with Crippen LogP contribution in [0.3, 0.4) is 0 Å². The van der Waals surface area contributed by atoms with Crippen molar-refractivity contribution in [2.75, 3.05) is 11.5 Å². The third-order valence-corrected chi connectivity index (χ3v) is 3.97. The van der Waals surface area contributed by atoms with Crippen molar-refractivity contribution in [1.29, 1.82) is 0 Å². The summed E-state index contributed by atoms with van der Waals surface area (Å²) in [5.41, 5.74) is 1.19. The molecule has 3 rings (SSSR count). The lowest BCUT2D eigenvalue weighted by Gasteiger charge is -2.35. The van der Waals surface area contributed by atoms with Crippen molar-refractivity contribution in [3.63, 3.8) is 0 Å². The number of carbonyl (C=O) groups is 1. The van der Waals surface area contributed by atoms with Gasteiger partial charge >= 0.3 is 0 Å². The van der Waals surface area contributed by atoms with Gasteiger partial charge in [-0.1, -0.05) is 35.3 Å². The summed E-state index contributed by atoms with van der Waals surface area (Å²) >= 11 is 12.0. The number of anilines is 1. The standard InChI is InChI=1S/C16H13Cl2NO2/c1-10-9-21-15-5-3-2-4-14(15)19(10)16(20)12-7-6-11(17)8-13(12)18/h2-8,10H,9H2,1H3. The number of benzene rings is 2. The molecule has 1 heterocycles. The van der Waals surface area contributed by atoms with Crippen LogP contribution < -0.4 is 9.64 Å². The van der Waals surface area contributed by atoms with Gasteiger partial charge in [0.15, 0.2) is 0 Å². The third kappa shape index (κ3) is 2.59. The van der Waals surface area contributed by atoms with E-state index < -0.39 is 0 Å². The Labute approximate surface area is 133 Å². The first kappa shape index (κ1) is 14.2. The molecule has 2 aromatic rings. The Hall–Kier alpha value is -1.71. The molecule has 108 valence electrons. The number of nitrogens with zero attached hydrogens (tertiary/aromatic N) is 1. The molecule has 0 bridgehead atoms. The normalized spacial score (nSPS) is 17.1. The lowest BCUT2D eigenvalue weighted by atomic mass is 10.1. The van der Waals surface area contributed by atoms with E-state index >= 15 is 0 Å². The molecule has 3 nitrogen and oxygen atoms in total. The second kappa shape index (κ2) is 5.58. The van der Waals surface area contributed by atoms with E-state index in [1.165, 1.54) is 0 Å². The zero-order valence-electron chi connectivity index (χ0n) is 11.3. The highest BCUT2D eigenvalue weighted by molar-refractivity contribution is 6.37. The molecule has 0 saturated heterocycles. The molecule has 0 aliphatic carbocycles. The zero-order valence-corrected chi connectivity index (χ0v) is 12.9. The van der Waals surface area contributed by atoms with E-state index in [1.807, 2.05) is 31.2 Å². The van der Waals surface area contributed by atoms with Crippen LogP contribution in [0.25, 0.3) is 0 Å². The van der Waals surface area contributed by atoms with Crippen LogP contribution in [0.15, 0.2) is 42.5 Å². The molecular formula is C16H13Cl2NO2. The summed E-state index contributed by atoms with van der Waals surface area (Å²) in [5, 5.41) is 0.857. The highest BCUT2D eigenvalue weighted by atomic mass is 35.5. The third-order valence-electron chi connectivity index (χ3n) is 3.43. The van der Waals surface area contributed by atoms with Crippen molar-refractivity contribution in [2.24, 2.45) is 0 Å². The Morgan fingerprint density at radius 2 is 2.00 bits per heavy atom. The van der Waals surface area contributed by atoms with E-state index in [4.69, 9.17) is 27.9 Å². The Balaban J connectivity index is 2.05. The largest absolute Gasteiger partial charge is 0.489 e. The fourth-order valence-electron chi connectivity index (χ4n) is 2.40. The minimum atomic E-state index is -0.153. The van der Waals surface area contributed by atoms with Gasteiger partial charge in [-0.05, 0) is 37.3 Å². The summed E-state index contributed by atoms with van der Waals surface area (Å²) in [6.45, 7) is 2.39. The molecule has 21 heavy (non-hydrogen) atoms. The highest BCUT2D eigenvalue weighted by Crippen LogP contribution is 2.35. The minimum Gasteiger partial charge on any atom is -0.489 e. The summed E-state index contributed by atoms with van der Waals surface area (Å²) < 4.78 is 5.65. The number of carbonyl (C=O) groups excluding carboxylic acids is 1. The second-order valence-electron chi connectivity index (χ2n) is 4.93. The van der Waals surface area contributed by atoms with Gasteiger partial charge in [0.25, 0.3) is 5.91 Å². The Morgan fingerprint density at radius 3 is 2.76 bits per heavy atom. The van der Waals surface area contributed by atoms with E-state index in [2.05, 4.69) is 0 Å². The fraction of sp³-hybridized carbons (Fsp3) is 0.188. The predicted octanol–water partition coefficient (Wildman–Crippen LogP) is 4.42. The SMILES string of the molecule is CC1COc2ccccc2N1C(=O)c1ccc(Cl)cc1Cl. The van der Waals surface area contributed by atoms with Crippen molar-refractivity contribution in [3.05, 3.63) is 58.1 Å². The van der Waals surface area contributed by atoms with Crippen LogP contribution in [0.4, 0.5) is 5.69 Å². The Kier molecular flexibility index (Phi) is 3.79. The number of hydrogen-bond donors (Lipinski definition) is 0. The molecule has 1 aliphatic rings. The number of ether oxygens (including phenoxy) is 1. The predicted molar refractivity (Wildman–Crippen MR) is 84.7 cm³/mol. The number of para-hydroxylation sites is 2. The number of rotatable bonds is 1. The van der Waals surface area contributed by atoms with Crippen molar-refractivity contribution < 1.29 is 9.53 Å². The van der Waals surface area contributed by atoms with Gasteiger partial charge in [-0.25, -0.2) is 0 Å². The number of halogens is 2. The zero-order chi connectivity index (χ0) is 15.0. The van der Waals surface area contributed by atoms with Gasteiger partial charge in [-0.15, -0.1) is 0 Å². The van der Waals surface area contributed by atoms with Crippen LogP contribution in [0.2, 0.25) is 10.0 Å². The van der Waals surface area contributed by atoms with E-state index in [-0.39, 0.29) is 11.9 Å². The average Bonchev–Trinajstić information content (AvgIpc) is 2.46. The topological polar surface area (TPSA) is 29.5 Å². The lowest BCUT2D eigenvalue weighted by molar-refractivity contribution is 0.0961. The maximum absolute atomic E-state index is 12.8. The fourth-order valence-corrected chi connectivity index (χ4v) is 2.89. The van der Waals surface area contributed by atoms with Gasteiger partial charge in [0.2, 0.25) is 0 Å². The molecule has 0 saturated carbocycles. The van der Waals surface area contributed by atoms with Crippen LogP contribution in [0.5, 0.6) is 5.75 Å². The van der Waals surface area contributed by atoms with Crippen LogP contribution in [-0.4, -0.2) is 18.6 Å². The molecule has 5 heteroatoms. The van der Waals surface area contributed by atoms with Crippen LogP contribution >= 0.6 is 23.2 Å². The van der Waals surface area contributed by atoms with Crippen LogP contribution in [0, 0.1) is 0 Å². The van der Waals surface area contributed by atoms with Gasteiger partial charge in [0, 0.05) is 5.02 Å². The van der Waals surface area contributed by atoms with E-state index in [0.717, 1.165) is 5.69 Å². The molecule has 0 aromatic heterocycles. The summed E-state index contributed by atoms with van der Waals surface area (Å²) in [5.74, 6) is 0.550. The van der Waals surface area contributed by atoms with Gasteiger partial charge in [0.05, 0.1) is 22.3 Å². The summed E-state index contributed by atoms with van der Waals surface area (Å²) in [6, 6.07) is 12.3. The van der Waals surface area contributed by atoms with E-state index in [0.29, 0.717) is 28.0 Å². The van der Waals surface area contributed by atoms with Crippen LogP contribution in [-0.2, 0) is 0 Å². The van der Waals surface area contributed by atoms with Crippen molar-refractivity contribution in [3.8, 4) is 5.75 Å². The van der Waals surface area contributed by atoms with Crippen molar-refractivity contribution >= 4 is 34.8 Å². The molecule has 2 aromatic carbocycles. The van der Waals surface area contributed by atoms with E-state index in [1.54, 1.807) is 23.1 Å². The molecule has 0 spiro atoms. The van der Waals surface area contributed by atoms with Gasteiger partial charge < -0.3 is 4.74 Å². The molecule has 0 fully saturated rings. The first-order valence-corrected chi connectivity index (χ1v) is 7.34. The van der Waals surface area contributed by atoms with Crippen molar-refractivity contribution in [2.45, 2.75) is 13.0 Å². The molecule has 1 unspecified atom stereocenters. The number of fused-ring (bicyclic) bond motifs is 1. The Bertz CT molecular complexity index is 702. The maximum atomic E-state index is 12.8. The molecule has 0 N–H and O–H groups in total. The molecule has 0 radical (unpaired) electrons. The summed E-state index contributed by atoms with van der Waals surface area (Å²) in [4.78, 5) is 14.6. The summed E-state index contributed by atoms with van der Waals surface area (Å²) in [7, 11) is 0. The van der Waals surface area contributed by atoms with Crippen molar-refractivity contribution in [1.82, 2.24) is 0 Å². The number of hydrogen-bond acceptors (Lipinski definition) is 2. The second-order valence-corrected chi connectivity index (χ2v) is 5.77. The van der Waals surface area contributed by atoms with Gasteiger partial charge in [-0.2, -0.15) is 0 Å². The molecular weight excluding hydrogens is 309 g/mol. The maximum Gasteiger partial charge on any atom is 0.260 e. The molecule has 1 atom stereocenters. The monoisotopic (exact) mass is 321 g/mol. The first-order chi connectivity index (χ1) is 10.1. The lowest BCUT2D eigenvalue weighted by Crippen LogP contribution is -2.45. The molecule has 1 amide bonds. The van der Waals surface area contributed by atoms with Gasteiger partial charge in [0.1, 0.15) is 12.4 Å². The minimum absolute atomic E-state index is 0.0702. The Morgan fingerprint density at radius 1 is 1.24 bits per heavy atom.